The van der Waals surface area contributed by atoms with Gasteiger partial charge in [0.25, 0.3) is 15.9 Å². The fourth-order valence-electron chi connectivity index (χ4n) is 2.51. The van der Waals surface area contributed by atoms with E-state index in [2.05, 4.69) is 9.71 Å². The van der Waals surface area contributed by atoms with E-state index < -0.39 is 27.4 Å². The minimum Gasteiger partial charge on any atom is -0.479 e. The van der Waals surface area contributed by atoms with Crippen molar-refractivity contribution in [3.05, 3.63) is 23.9 Å². The Morgan fingerprint density at radius 1 is 1.39 bits per heavy atom. The predicted molar refractivity (Wildman–Crippen MR) is 79.1 cm³/mol. The summed E-state index contributed by atoms with van der Waals surface area (Å²) in [7, 11) is -3.46. The van der Waals surface area contributed by atoms with Crippen molar-refractivity contribution >= 4 is 27.7 Å². The van der Waals surface area contributed by atoms with Crippen molar-refractivity contribution < 1.29 is 27.9 Å². The lowest BCUT2D eigenvalue weighted by Gasteiger charge is -2.28. The second-order valence-corrected chi connectivity index (χ2v) is 7.25. The van der Waals surface area contributed by atoms with Gasteiger partial charge in [0.2, 0.25) is 0 Å². The number of hydrogen-bond acceptors (Lipinski definition) is 6. The van der Waals surface area contributed by atoms with Crippen molar-refractivity contribution in [2.24, 2.45) is 4.40 Å². The van der Waals surface area contributed by atoms with Crippen molar-refractivity contribution in [2.75, 3.05) is 25.5 Å². The highest BCUT2D eigenvalue weighted by atomic mass is 32.2. The van der Waals surface area contributed by atoms with E-state index >= 15 is 0 Å². The molecule has 0 aromatic heterocycles. The summed E-state index contributed by atoms with van der Waals surface area (Å²) in [6.07, 6.45) is 4.50. The van der Waals surface area contributed by atoms with Gasteiger partial charge in [0.05, 0.1) is 17.9 Å². The van der Waals surface area contributed by atoms with Crippen LogP contribution in [0.1, 0.15) is 6.42 Å². The van der Waals surface area contributed by atoms with Crippen LogP contribution >= 0.6 is 0 Å². The second-order valence-electron chi connectivity index (χ2n) is 5.49. The van der Waals surface area contributed by atoms with Crippen LogP contribution in [0, 0.1) is 0 Å². The molecule has 1 unspecified atom stereocenters. The lowest BCUT2D eigenvalue weighted by molar-refractivity contribution is -0.147. The zero-order valence-electron chi connectivity index (χ0n) is 12.1. The molecule has 23 heavy (non-hydrogen) atoms. The summed E-state index contributed by atoms with van der Waals surface area (Å²) in [6.45, 7) is 0.372. The minimum absolute atomic E-state index is 0.0836. The maximum atomic E-state index is 12.3. The van der Waals surface area contributed by atoms with Crippen molar-refractivity contribution in [1.82, 2.24) is 10.2 Å². The van der Waals surface area contributed by atoms with Gasteiger partial charge in [-0.3, -0.25) is 4.79 Å². The third kappa shape index (κ3) is 2.99. The molecule has 2 N–H and O–H groups in total. The summed E-state index contributed by atoms with van der Waals surface area (Å²) in [6, 6.07) is 0. The largest absolute Gasteiger partial charge is 0.479 e. The summed E-state index contributed by atoms with van der Waals surface area (Å²) in [5, 5.41) is 11.8. The molecule has 3 heterocycles. The van der Waals surface area contributed by atoms with Crippen molar-refractivity contribution in [3.63, 3.8) is 0 Å². The van der Waals surface area contributed by atoms with E-state index in [0.717, 1.165) is 0 Å². The number of carbonyl (C=O) groups excluding carboxylic acids is 1. The van der Waals surface area contributed by atoms with Crippen LogP contribution in [0.25, 0.3) is 0 Å². The fourth-order valence-corrected chi connectivity index (χ4v) is 3.48. The molecule has 124 valence electrons. The summed E-state index contributed by atoms with van der Waals surface area (Å²) < 4.78 is 31.6. The quantitative estimate of drug-likeness (QED) is 0.663. The molecule has 0 aromatic carbocycles. The summed E-state index contributed by atoms with van der Waals surface area (Å²) in [5.41, 5.74) is -1.19. The Hall–Kier alpha value is -2.20. The van der Waals surface area contributed by atoms with Gasteiger partial charge in [0, 0.05) is 25.8 Å². The molecule has 0 spiro atoms. The smallest absolute Gasteiger partial charge is 0.331 e. The lowest BCUT2D eigenvalue weighted by Crippen LogP contribution is -2.55. The Labute approximate surface area is 132 Å². The van der Waals surface area contributed by atoms with Crippen LogP contribution in [-0.2, 0) is 24.3 Å². The second kappa shape index (κ2) is 5.46. The Morgan fingerprint density at radius 3 is 2.83 bits per heavy atom. The molecule has 3 aliphatic heterocycles. The predicted octanol–water partition coefficient (Wildman–Crippen LogP) is -1.16. The Kier molecular flexibility index (Phi) is 3.72. The Balaban J connectivity index is 1.79. The van der Waals surface area contributed by atoms with Gasteiger partial charge in [-0.2, -0.15) is 0 Å². The van der Waals surface area contributed by atoms with Crippen LogP contribution in [0.15, 0.2) is 28.3 Å². The molecule has 3 aliphatic rings. The van der Waals surface area contributed by atoms with Gasteiger partial charge < -0.3 is 20.1 Å². The van der Waals surface area contributed by atoms with E-state index in [0.29, 0.717) is 0 Å². The third-order valence-electron chi connectivity index (χ3n) is 3.87. The molecular formula is C13H15N3O6S. The molecule has 0 bridgehead atoms. The molecular weight excluding hydrogens is 326 g/mol. The highest BCUT2D eigenvalue weighted by molar-refractivity contribution is 7.90. The number of amides is 1. The molecule has 0 aromatic rings. The number of carboxylic acid groups (broad SMARTS) is 1. The van der Waals surface area contributed by atoms with Crippen LogP contribution in [0.5, 0.6) is 0 Å². The number of rotatable bonds is 3. The molecule has 0 aliphatic carbocycles. The maximum absolute atomic E-state index is 12.3. The van der Waals surface area contributed by atoms with Crippen LogP contribution in [-0.4, -0.2) is 67.2 Å². The van der Waals surface area contributed by atoms with Gasteiger partial charge in [0.15, 0.2) is 5.54 Å². The zero-order valence-corrected chi connectivity index (χ0v) is 12.9. The Bertz CT molecular complexity index is 746. The first kappa shape index (κ1) is 15.7. The van der Waals surface area contributed by atoms with Gasteiger partial charge in [-0.1, -0.05) is 0 Å². The molecule has 9 nitrogen and oxygen atoms in total. The minimum atomic E-state index is -3.46. The van der Waals surface area contributed by atoms with Crippen LogP contribution in [0.3, 0.4) is 0 Å². The first-order chi connectivity index (χ1) is 10.8. The number of carbonyl (C=O) groups is 2. The van der Waals surface area contributed by atoms with Crippen molar-refractivity contribution in [3.8, 4) is 0 Å². The standard InChI is InChI=1S/C13H15N3O6S/c17-11(14-13(12(18)19)3-5-22-8-13)9-1-2-10-15-23(20,21)6-4-16(10)7-9/h1-2,7H,3-6,8H2,(H,14,17)(H,18,19). The van der Waals surface area contributed by atoms with E-state index in [1.165, 1.54) is 18.4 Å². The molecule has 1 fully saturated rings. The number of hydrogen-bond donors (Lipinski definition) is 2. The molecule has 1 amide bonds. The normalized spacial score (nSPS) is 28.6. The van der Waals surface area contributed by atoms with Gasteiger partial charge in [-0.25, -0.2) is 13.2 Å². The molecule has 3 rings (SSSR count). The maximum Gasteiger partial charge on any atom is 0.331 e. The SMILES string of the molecule is O=C(NC1(C(=O)O)CCOC1)C1=CN2CCS(=O)(=O)N=C2C=C1. The van der Waals surface area contributed by atoms with Crippen molar-refractivity contribution in [1.29, 1.82) is 0 Å². The van der Waals surface area contributed by atoms with E-state index in [-0.39, 0.29) is 43.3 Å². The van der Waals surface area contributed by atoms with Crippen LogP contribution in [0.2, 0.25) is 0 Å². The van der Waals surface area contributed by atoms with Gasteiger partial charge in [-0.05, 0) is 12.2 Å². The highest BCUT2D eigenvalue weighted by Gasteiger charge is 2.44. The van der Waals surface area contributed by atoms with E-state index in [9.17, 15) is 23.1 Å². The summed E-state index contributed by atoms with van der Waals surface area (Å²) in [5.74, 6) is -1.59. The number of carboxylic acids is 1. The first-order valence-corrected chi connectivity index (χ1v) is 8.55. The zero-order chi connectivity index (χ0) is 16.7. The summed E-state index contributed by atoms with van der Waals surface area (Å²) in [4.78, 5) is 25.3. The van der Waals surface area contributed by atoms with Gasteiger partial charge >= 0.3 is 5.97 Å². The van der Waals surface area contributed by atoms with E-state index in [1.54, 1.807) is 4.90 Å². The number of sulfonamides is 1. The molecule has 0 saturated carbocycles. The van der Waals surface area contributed by atoms with Gasteiger partial charge in [-0.15, -0.1) is 4.40 Å². The number of nitrogens with zero attached hydrogens (tertiary/aromatic N) is 2. The molecule has 0 radical (unpaired) electrons. The number of amidine groups is 1. The van der Waals surface area contributed by atoms with E-state index in [4.69, 9.17) is 4.74 Å². The van der Waals surface area contributed by atoms with E-state index in [1.807, 2.05) is 0 Å². The first-order valence-electron chi connectivity index (χ1n) is 6.94. The molecule has 1 atom stereocenters. The topological polar surface area (TPSA) is 125 Å². The number of aliphatic carboxylic acids is 1. The number of nitrogens with one attached hydrogen (secondary N) is 1. The van der Waals surface area contributed by atoms with Crippen LogP contribution < -0.4 is 5.32 Å². The number of fused-ring (bicyclic) bond motifs is 1. The monoisotopic (exact) mass is 341 g/mol. The fraction of sp³-hybridized carbons (Fsp3) is 0.462. The highest BCUT2D eigenvalue weighted by Crippen LogP contribution is 2.21. The van der Waals surface area contributed by atoms with Crippen LogP contribution in [0.4, 0.5) is 0 Å². The third-order valence-corrected chi connectivity index (χ3v) is 5.03. The lowest BCUT2D eigenvalue weighted by atomic mass is 9.98. The summed E-state index contributed by atoms with van der Waals surface area (Å²) >= 11 is 0. The van der Waals surface area contributed by atoms with Gasteiger partial charge in [0.1, 0.15) is 5.84 Å². The molecule has 10 heteroatoms. The average Bonchev–Trinajstić information content (AvgIpc) is 2.95. The van der Waals surface area contributed by atoms with Crippen molar-refractivity contribution in [2.45, 2.75) is 12.0 Å². The molecule has 1 saturated heterocycles. The Morgan fingerprint density at radius 2 is 2.17 bits per heavy atom. The number of ether oxygens (including phenoxy) is 1. The average molecular weight is 341 g/mol.